The molecule has 6 aliphatic rings. The number of hydrogen-bond acceptors (Lipinski definition) is 8. The topological polar surface area (TPSA) is 149 Å². The third-order valence-corrected chi connectivity index (χ3v) is 12.9. The molecule has 60 heavy (non-hydrogen) atoms. The molecular formula is C42H52F6N6O6. The van der Waals surface area contributed by atoms with Gasteiger partial charge in [0.2, 0.25) is 11.8 Å². The fourth-order valence-corrected chi connectivity index (χ4v) is 10.1. The van der Waals surface area contributed by atoms with E-state index >= 15 is 0 Å². The highest BCUT2D eigenvalue weighted by Crippen LogP contribution is 2.52. The van der Waals surface area contributed by atoms with E-state index in [2.05, 4.69) is 0 Å². The SMILES string of the molecule is C/C=C/c1ccc2n(c1=O)C[C@@H]1[C@@H](CO)[C@H](C(=O)NCC(F)(F)F)N(CC3CC3)[C@H]21.C/C=C\c1ccc2n(c1=O)C[C@@H]1[C@@H](CO)[C@H](C(=O)NCC(F)(F)F)N(CC3CC3)[C@H]21. The van der Waals surface area contributed by atoms with Crippen molar-refractivity contribution in [3.8, 4) is 0 Å². The summed E-state index contributed by atoms with van der Waals surface area (Å²) in [4.78, 5) is 55.2. The summed E-state index contributed by atoms with van der Waals surface area (Å²) < 4.78 is 79.3. The average molecular weight is 851 g/mol. The van der Waals surface area contributed by atoms with Gasteiger partial charge in [-0.2, -0.15) is 26.3 Å². The molecule has 328 valence electrons. The zero-order valence-electron chi connectivity index (χ0n) is 33.5. The molecule has 4 N–H and O–H groups in total. The van der Waals surface area contributed by atoms with Crippen LogP contribution >= 0.6 is 0 Å². The third-order valence-electron chi connectivity index (χ3n) is 12.9. The number of halogens is 6. The van der Waals surface area contributed by atoms with Crippen LogP contribution in [0.5, 0.6) is 0 Å². The van der Waals surface area contributed by atoms with E-state index in [0.29, 0.717) is 49.1 Å². The van der Waals surface area contributed by atoms with Crippen LogP contribution in [0.25, 0.3) is 12.2 Å². The lowest BCUT2D eigenvalue weighted by atomic mass is 9.88. The second-order valence-corrected chi connectivity index (χ2v) is 17.0. The first-order valence-electron chi connectivity index (χ1n) is 20.6. The summed E-state index contributed by atoms with van der Waals surface area (Å²) in [5, 5.41) is 24.2. The van der Waals surface area contributed by atoms with E-state index in [1.54, 1.807) is 45.6 Å². The van der Waals surface area contributed by atoms with Gasteiger partial charge in [-0.15, -0.1) is 0 Å². The number of allylic oxidation sites excluding steroid dienone is 2. The molecular weight excluding hydrogens is 798 g/mol. The number of carbonyl (C=O) groups excluding carboxylic acids is 2. The molecule has 2 aromatic heterocycles. The molecule has 8 atom stereocenters. The van der Waals surface area contributed by atoms with Crippen LogP contribution < -0.4 is 21.8 Å². The molecule has 0 unspecified atom stereocenters. The number of likely N-dealkylation sites (tertiary alicyclic amines) is 2. The van der Waals surface area contributed by atoms with E-state index < -0.39 is 61.2 Å². The molecule has 2 amide bonds. The Bertz CT molecular complexity index is 1960. The zero-order chi connectivity index (χ0) is 43.3. The molecule has 2 aromatic rings. The van der Waals surface area contributed by atoms with Crippen LogP contribution in [0.2, 0.25) is 0 Å². The summed E-state index contributed by atoms with van der Waals surface area (Å²) in [6, 6.07) is 5.01. The number of rotatable bonds is 12. The number of fused-ring (bicyclic) bond motifs is 6. The number of nitrogens with one attached hydrogen (secondary N) is 2. The summed E-state index contributed by atoms with van der Waals surface area (Å²) in [6.45, 7) is 2.07. The van der Waals surface area contributed by atoms with Crippen LogP contribution in [-0.2, 0) is 22.7 Å². The molecule has 4 aliphatic heterocycles. The molecule has 0 aromatic carbocycles. The lowest BCUT2D eigenvalue weighted by Gasteiger charge is -2.31. The van der Waals surface area contributed by atoms with E-state index in [1.807, 2.05) is 46.4 Å². The van der Waals surface area contributed by atoms with E-state index in [4.69, 9.17) is 0 Å². The molecule has 4 fully saturated rings. The van der Waals surface area contributed by atoms with Gasteiger partial charge in [-0.05, 0) is 75.6 Å². The first kappa shape index (κ1) is 43.8. The van der Waals surface area contributed by atoms with Gasteiger partial charge in [-0.3, -0.25) is 29.0 Å². The Morgan fingerprint density at radius 2 is 1.03 bits per heavy atom. The lowest BCUT2D eigenvalue weighted by molar-refractivity contribution is -0.142. The fraction of sp³-hybridized carbons (Fsp3) is 0.619. The number of hydrogen-bond donors (Lipinski definition) is 4. The highest BCUT2D eigenvalue weighted by atomic mass is 19.4. The monoisotopic (exact) mass is 850 g/mol. The average Bonchev–Trinajstić information content (AvgIpc) is 4.07. The Hall–Kier alpha value is -4.26. The summed E-state index contributed by atoms with van der Waals surface area (Å²) in [5.41, 5.74) is 2.42. The van der Waals surface area contributed by atoms with Gasteiger partial charge < -0.3 is 30.0 Å². The molecule has 12 nitrogen and oxygen atoms in total. The largest absolute Gasteiger partial charge is 0.405 e. The molecule has 2 aliphatic carbocycles. The standard InChI is InChI=1S/2C21H26F3N3O3/c2*1-2-3-13-6-7-16-17-14(9-26(16)20(13)30)15(10-28)18(27(17)8-12-4-5-12)19(29)25-11-21(22,23)24/h2*2-3,6-7,12,14-15,17-18,28H,4-5,8-11H2,1H3,(H,25,29)/b3-2+;3-2-/t2*14-,15-,17+,18-/m11/s1. The maximum atomic E-state index is 12.9. The molecule has 18 heteroatoms. The smallest absolute Gasteiger partial charge is 0.396 e. The summed E-state index contributed by atoms with van der Waals surface area (Å²) in [5.74, 6) is -2.11. The van der Waals surface area contributed by atoms with Crippen molar-refractivity contribution in [1.29, 1.82) is 0 Å². The highest BCUT2D eigenvalue weighted by Gasteiger charge is 2.58. The van der Waals surface area contributed by atoms with Crippen molar-refractivity contribution >= 4 is 24.0 Å². The molecule has 0 radical (unpaired) electrons. The minimum absolute atomic E-state index is 0.124. The summed E-state index contributed by atoms with van der Waals surface area (Å²) in [7, 11) is 0. The predicted octanol–water partition coefficient (Wildman–Crippen LogP) is 3.87. The highest BCUT2D eigenvalue weighted by molar-refractivity contribution is 5.83. The van der Waals surface area contributed by atoms with Crippen LogP contribution in [0.4, 0.5) is 26.3 Å². The van der Waals surface area contributed by atoms with Crippen molar-refractivity contribution < 1.29 is 46.1 Å². The van der Waals surface area contributed by atoms with Crippen molar-refractivity contribution in [2.45, 2.75) is 89.1 Å². The Labute approximate surface area is 342 Å². The van der Waals surface area contributed by atoms with Crippen LogP contribution in [0, 0.1) is 35.5 Å². The van der Waals surface area contributed by atoms with Crippen molar-refractivity contribution in [3.05, 3.63) is 79.6 Å². The van der Waals surface area contributed by atoms with Crippen molar-refractivity contribution in [2.24, 2.45) is 35.5 Å². The molecule has 8 rings (SSSR count). The maximum absolute atomic E-state index is 12.9. The Kier molecular flexibility index (Phi) is 12.6. The summed E-state index contributed by atoms with van der Waals surface area (Å²) in [6.07, 6.45) is 2.12. The van der Waals surface area contributed by atoms with Crippen molar-refractivity contribution in [1.82, 2.24) is 29.6 Å². The molecule has 0 spiro atoms. The number of aliphatic hydroxyl groups is 2. The van der Waals surface area contributed by atoms with E-state index in [9.17, 15) is 55.7 Å². The zero-order valence-corrected chi connectivity index (χ0v) is 33.5. The van der Waals surface area contributed by atoms with Crippen LogP contribution in [-0.4, -0.2) is 105 Å². The third kappa shape index (κ3) is 8.88. The van der Waals surface area contributed by atoms with Crippen molar-refractivity contribution in [2.75, 3.05) is 39.4 Å². The fourth-order valence-electron chi connectivity index (χ4n) is 10.1. The van der Waals surface area contributed by atoms with Gasteiger partial charge in [-0.1, -0.05) is 24.3 Å². The minimum atomic E-state index is -4.50. The number of aromatic nitrogens is 2. The molecule has 6 heterocycles. The molecule has 2 saturated carbocycles. The van der Waals surface area contributed by atoms with Gasteiger partial charge in [0.15, 0.2) is 0 Å². The van der Waals surface area contributed by atoms with Gasteiger partial charge >= 0.3 is 12.4 Å². The van der Waals surface area contributed by atoms with Crippen molar-refractivity contribution in [3.63, 3.8) is 0 Å². The number of nitrogens with zero attached hydrogens (tertiary/aromatic N) is 4. The number of aliphatic hydroxyl groups excluding tert-OH is 2. The number of carbonyl (C=O) groups is 2. The van der Waals surface area contributed by atoms with E-state index in [1.165, 1.54) is 0 Å². The quantitative estimate of drug-likeness (QED) is 0.236. The van der Waals surface area contributed by atoms with Gasteiger partial charge in [0.1, 0.15) is 13.1 Å². The van der Waals surface area contributed by atoms with Crippen LogP contribution in [0.15, 0.2) is 46.0 Å². The van der Waals surface area contributed by atoms with Gasteiger partial charge in [-0.25, -0.2) is 0 Å². The van der Waals surface area contributed by atoms with Gasteiger partial charge in [0, 0.05) is 85.6 Å². The normalized spacial score (nSPS) is 28.7. The first-order chi connectivity index (χ1) is 28.5. The maximum Gasteiger partial charge on any atom is 0.405 e. The number of alkyl halides is 6. The Morgan fingerprint density at radius 1 is 0.667 bits per heavy atom. The Morgan fingerprint density at radius 3 is 1.33 bits per heavy atom. The van der Waals surface area contributed by atoms with Gasteiger partial charge in [0.05, 0.1) is 24.2 Å². The second kappa shape index (κ2) is 17.2. The first-order valence-corrected chi connectivity index (χ1v) is 20.6. The molecule has 0 bridgehead atoms. The second-order valence-electron chi connectivity index (χ2n) is 17.0. The lowest BCUT2D eigenvalue weighted by Crippen LogP contribution is -2.50. The Balaban J connectivity index is 0.000000181. The minimum Gasteiger partial charge on any atom is -0.396 e. The predicted molar refractivity (Wildman–Crippen MR) is 209 cm³/mol. The van der Waals surface area contributed by atoms with Crippen LogP contribution in [0.1, 0.15) is 74.1 Å². The van der Waals surface area contributed by atoms with Crippen LogP contribution in [0.3, 0.4) is 0 Å². The van der Waals surface area contributed by atoms with E-state index in [0.717, 1.165) is 37.1 Å². The van der Waals surface area contributed by atoms with E-state index in [-0.39, 0.29) is 48.3 Å². The molecule has 2 saturated heterocycles. The van der Waals surface area contributed by atoms with Gasteiger partial charge in [0.25, 0.3) is 11.1 Å². The summed E-state index contributed by atoms with van der Waals surface area (Å²) >= 11 is 0. The number of amides is 2. The number of pyridine rings is 2.